The van der Waals surface area contributed by atoms with Gasteiger partial charge in [-0.15, -0.1) is 0 Å². The first-order chi connectivity index (χ1) is 13.4. The number of nitrogens with zero attached hydrogens (tertiary/aromatic N) is 1. The Morgan fingerprint density at radius 1 is 1.04 bits per heavy atom. The van der Waals surface area contributed by atoms with Crippen molar-refractivity contribution in [3.63, 3.8) is 0 Å². The minimum absolute atomic E-state index is 0.0705. The minimum atomic E-state index is -3.59. The molecule has 0 saturated carbocycles. The van der Waals surface area contributed by atoms with E-state index in [2.05, 4.69) is 27.1 Å². The van der Waals surface area contributed by atoms with Crippen LogP contribution in [0.1, 0.15) is 48.1 Å². The Balaban J connectivity index is 1.68. The number of hydrogen-bond donors (Lipinski definition) is 2. The van der Waals surface area contributed by atoms with Crippen LogP contribution in [0.3, 0.4) is 0 Å². The number of sulfonamides is 1. The molecule has 0 unspecified atom stereocenters. The lowest BCUT2D eigenvalue weighted by atomic mass is 10.1. The Hall–Kier alpha value is -2.38. The van der Waals surface area contributed by atoms with E-state index in [0.717, 1.165) is 18.7 Å². The largest absolute Gasteiger partial charge is 0.372 e. The summed E-state index contributed by atoms with van der Waals surface area (Å²) in [6.45, 7) is 4.11. The van der Waals surface area contributed by atoms with Gasteiger partial charge in [0.1, 0.15) is 0 Å². The normalized spacial score (nSPS) is 15.9. The van der Waals surface area contributed by atoms with Gasteiger partial charge in [0.15, 0.2) is 0 Å². The Morgan fingerprint density at radius 3 is 2.36 bits per heavy atom. The van der Waals surface area contributed by atoms with E-state index in [1.807, 2.05) is 19.1 Å². The van der Waals surface area contributed by atoms with Gasteiger partial charge >= 0.3 is 0 Å². The number of carbonyl (C=O) groups excluding carboxylic acids is 1. The van der Waals surface area contributed by atoms with Crippen molar-refractivity contribution in [2.45, 2.75) is 37.1 Å². The Bertz CT molecular complexity index is 920. The highest BCUT2D eigenvalue weighted by Gasteiger charge is 2.17. The Kier molecular flexibility index (Phi) is 6.36. The van der Waals surface area contributed by atoms with Gasteiger partial charge in [-0.3, -0.25) is 4.79 Å². The molecular weight excluding hydrogens is 374 g/mol. The third-order valence-electron chi connectivity index (χ3n) is 5.14. The SMILES string of the molecule is CNS(=O)(=O)c1cccc(C(=O)N[C@@H](C)c2ccc(N3CCCCC3)cc2)c1. The number of anilines is 1. The maximum absolute atomic E-state index is 12.6. The van der Waals surface area contributed by atoms with Crippen LogP contribution in [0.15, 0.2) is 53.4 Å². The smallest absolute Gasteiger partial charge is 0.251 e. The molecule has 1 heterocycles. The van der Waals surface area contributed by atoms with E-state index in [1.165, 1.54) is 44.1 Å². The van der Waals surface area contributed by atoms with Crippen LogP contribution in [0.4, 0.5) is 5.69 Å². The van der Waals surface area contributed by atoms with Gasteiger partial charge in [-0.1, -0.05) is 18.2 Å². The maximum atomic E-state index is 12.6. The van der Waals surface area contributed by atoms with Gasteiger partial charge in [0.25, 0.3) is 5.91 Å². The van der Waals surface area contributed by atoms with E-state index in [-0.39, 0.29) is 16.8 Å². The zero-order chi connectivity index (χ0) is 20.1. The second-order valence-corrected chi connectivity index (χ2v) is 8.96. The van der Waals surface area contributed by atoms with Crippen LogP contribution in [-0.2, 0) is 10.0 Å². The van der Waals surface area contributed by atoms with Gasteiger partial charge < -0.3 is 10.2 Å². The molecule has 2 aromatic carbocycles. The monoisotopic (exact) mass is 401 g/mol. The quantitative estimate of drug-likeness (QED) is 0.780. The summed E-state index contributed by atoms with van der Waals surface area (Å²) >= 11 is 0. The number of carbonyl (C=O) groups is 1. The molecule has 2 aromatic rings. The Morgan fingerprint density at radius 2 is 1.71 bits per heavy atom. The highest BCUT2D eigenvalue weighted by atomic mass is 32.2. The van der Waals surface area contributed by atoms with E-state index < -0.39 is 10.0 Å². The predicted octanol–water partition coefficient (Wildman–Crippen LogP) is 3.08. The van der Waals surface area contributed by atoms with Crippen molar-refractivity contribution in [3.8, 4) is 0 Å². The van der Waals surface area contributed by atoms with Gasteiger partial charge in [-0.05, 0) is 69.1 Å². The Labute approximate surface area is 167 Å². The molecule has 1 aliphatic heterocycles. The van der Waals surface area contributed by atoms with Crippen LogP contribution >= 0.6 is 0 Å². The molecule has 2 N–H and O–H groups in total. The van der Waals surface area contributed by atoms with Crippen molar-refractivity contribution in [1.29, 1.82) is 0 Å². The molecule has 1 atom stereocenters. The molecule has 0 aliphatic carbocycles. The third-order valence-corrected chi connectivity index (χ3v) is 6.55. The number of rotatable bonds is 6. The highest BCUT2D eigenvalue weighted by molar-refractivity contribution is 7.89. The van der Waals surface area contributed by atoms with E-state index in [1.54, 1.807) is 12.1 Å². The van der Waals surface area contributed by atoms with Crippen molar-refractivity contribution >= 4 is 21.6 Å². The van der Waals surface area contributed by atoms with Crippen molar-refractivity contribution in [3.05, 3.63) is 59.7 Å². The summed E-state index contributed by atoms with van der Waals surface area (Å²) in [4.78, 5) is 15.0. The second kappa shape index (κ2) is 8.75. The van der Waals surface area contributed by atoms with Gasteiger partial charge in [-0.2, -0.15) is 0 Å². The minimum Gasteiger partial charge on any atom is -0.372 e. The molecule has 1 saturated heterocycles. The summed E-state index contributed by atoms with van der Waals surface area (Å²) in [7, 11) is -2.24. The number of piperidine rings is 1. The first kappa shape index (κ1) is 20.4. The van der Waals surface area contributed by atoms with Gasteiger partial charge in [-0.25, -0.2) is 13.1 Å². The number of amides is 1. The van der Waals surface area contributed by atoms with Crippen LogP contribution in [-0.4, -0.2) is 34.5 Å². The highest BCUT2D eigenvalue weighted by Crippen LogP contribution is 2.23. The lowest BCUT2D eigenvalue weighted by Gasteiger charge is -2.29. The van der Waals surface area contributed by atoms with Crippen molar-refractivity contribution < 1.29 is 13.2 Å². The molecule has 28 heavy (non-hydrogen) atoms. The zero-order valence-electron chi connectivity index (χ0n) is 16.3. The van der Waals surface area contributed by atoms with Crippen LogP contribution in [0.5, 0.6) is 0 Å². The van der Waals surface area contributed by atoms with Crippen LogP contribution in [0.2, 0.25) is 0 Å². The van der Waals surface area contributed by atoms with Crippen molar-refractivity contribution in [2.75, 3.05) is 25.0 Å². The maximum Gasteiger partial charge on any atom is 0.251 e. The van der Waals surface area contributed by atoms with Gasteiger partial charge in [0.05, 0.1) is 10.9 Å². The number of hydrogen-bond acceptors (Lipinski definition) is 4. The van der Waals surface area contributed by atoms with E-state index in [4.69, 9.17) is 0 Å². The summed E-state index contributed by atoms with van der Waals surface area (Å²) < 4.78 is 26.1. The average Bonchev–Trinajstić information content (AvgIpc) is 2.74. The number of nitrogens with one attached hydrogen (secondary N) is 2. The molecule has 1 aliphatic rings. The van der Waals surface area contributed by atoms with E-state index in [0.29, 0.717) is 5.56 Å². The molecule has 1 fully saturated rings. The zero-order valence-corrected chi connectivity index (χ0v) is 17.1. The molecule has 1 amide bonds. The molecule has 0 radical (unpaired) electrons. The number of benzene rings is 2. The molecule has 0 spiro atoms. The fourth-order valence-electron chi connectivity index (χ4n) is 3.41. The first-order valence-corrected chi connectivity index (χ1v) is 11.1. The third kappa shape index (κ3) is 4.72. The topological polar surface area (TPSA) is 78.5 Å². The first-order valence-electron chi connectivity index (χ1n) is 9.60. The van der Waals surface area contributed by atoms with E-state index in [9.17, 15) is 13.2 Å². The molecule has 150 valence electrons. The molecule has 0 aromatic heterocycles. The second-order valence-electron chi connectivity index (χ2n) is 7.07. The fraction of sp³-hybridized carbons (Fsp3) is 0.381. The lowest BCUT2D eigenvalue weighted by molar-refractivity contribution is 0.0939. The summed E-state index contributed by atoms with van der Waals surface area (Å²) in [6.07, 6.45) is 3.77. The molecule has 6 nitrogen and oxygen atoms in total. The standard InChI is InChI=1S/C21H27N3O3S/c1-16(17-9-11-19(12-10-17)24-13-4-3-5-14-24)23-21(25)18-7-6-8-20(15-18)28(26,27)22-2/h6-12,15-16,22H,3-5,13-14H2,1-2H3,(H,23,25)/t16-/m0/s1. The molecule has 0 bridgehead atoms. The summed E-state index contributed by atoms with van der Waals surface area (Å²) in [5.74, 6) is -0.305. The van der Waals surface area contributed by atoms with E-state index >= 15 is 0 Å². The van der Waals surface area contributed by atoms with Crippen LogP contribution in [0.25, 0.3) is 0 Å². The van der Waals surface area contributed by atoms with Crippen LogP contribution in [0, 0.1) is 0 Å². The summed E-state index contributed by atoms with van der Waals surface area (Å²) in [6, 6.07) is 14.1. The van der Waals surface area contributed by atoms with Gasteiger partial charge in [0.2, 0.25) is 10.0 Å². The lowest BCUT2D eigenvalue weighted by Crippen LogP contribution is -2.29. The summed E-state index contributed by atoms with van der Waals surface area (Å²) in [5, 5.41) is 2.94. The predicted molar refractivity (Wildman–Crippen MR) is 111 cm³/mol. The molecule has 3 rings (SSSR count). The van der Waals surface area contributed by atoms with Gasteiger partial charge in [0, 0.05) is 24.3 Å². The summed E-state index contributed by atoms with van der Waals surface area (Å²) in [5.41, 5.74) is 2.54. The molecule has 7 heteroatoms. The molecular formula is C21H27N3O3S. The average molecular weight is 402 g/mol. The van der Waals surface area contributed by atoms with Crippen LogP contribution < -0.4 is 14.9 Å². The van der Waals surface area contributed by atoms with Crippen molar-refractivity contribution in [2.24, 2.45) is 0 Å². The van der Waals surface area contributed by atoms with Crippen molar-refractivity contribution in [1.82, 2.24) is 10.0 Å². The fourth-order valence-corrected chi connectivity index (χ4v) is 4.19.